The van der Waals surface area contributed by atoms with Crippen LogP contribution in [0.2, 0.25) is 0 Å². The highest BCUT2D eigenvalue weighted by Gasteiger charge is 2.19. The van der Waals surface area contributed by atoms with Crippen molar-refractivity contribution in [3.63, 3.8) is 0 Å². The van der Waals surface area contributed by atoms with Crippen LogP contribution in [0.5, 0.6) is 0 Å². The monoisotopic (exact) mass is 257 g/mol. The molecule has 0 saturated carbocycles. The van der Waals surface area contributed by atoms with Crippen molar-refractivity contribution in [1.29, 1.82) is 0 Å². The van der Waals surface area contributed by atoms with Crippen LogP contribution >= 0.6 is 11.8 Å². The van der Waals surface area contributed by atoms with Gasteiger partial charge in [0, 0.05) is 6.04 Å². The third-order valence-corrected chi connectivity index (χ3v) is 3.98. The highest BCUT2D eigenvalue weighted by atomic mass is 32.2. The predicted molar refractivity (Wildman–Crippen MR) is 67.2 cm³/mol. The number of hydrogen-bond donors (Lipinski definition) is 1. The quantitative estimate of drug-likeness (QED) is 0.760. The minimum atomic E-state index is -0.834. The molecule has 1 rings (SSSR count). The molecule has 1 atom stereocenters. The normalized spacial score (nSPS) is 12.9. The van der Waals surface area contributed by atoms with Crippen LogP contribution in [0.4, 0.5) is 0 Å². The number of aliphatic carboxylic acids is 1. The second-order valence-corrected chi connectivity index (χ2v) is 4.96. The summed E-state index contributed by atoms with van der Waals surface area (Å²) < 4.78 is 1.98. The van der Waals surface area contributed by atoms with Gasteiger partial charge < -0.3 is 9.67 Å². The van der Waals surface area contributed by atoms with E-state index in [0.29, 0.717) is 17.1 Å². The Bertz CT molecular complexity index is 363. The molecule has 0 amide bonds. The molecule has 0 fully saturated rings. The standard InChI is InChI=1S/C11H19N3O2S/c1-4-9(5-2)8(3)14-7-12-13-11(14)17-6-10(15)16/h7-9H,4-6H2,1-3H3,(H,15,16). The van der Waals surface area contributed by atoms with E-state index in [4.69, 9.17) is 5.11 Å². The average molecular weight is 257 g/mol. The molecule has 1 aromatic rings. The molecule has 0 aliphatic rings. The Hall–Kier alpha value is -1.04. The van der Waals surface area contributed by atoms with Crippen molar-refractivity contribution >= 4 is 17.7 Å². The molecule has 5 nitrogen and oxygen atoms in total. The minimum absolute atomic E-state index is 0.0222. The van der Waals surface area contributed by atoms with E-state index in [1.54, 1.807) is 6.33 Å². The molecule has 96 valence electrons. The first-order chi connectivity index (χ1) is 8.10. The molecule has 0 radical (unpaired) electrons. The van der Waals surface area contributed by atoms with Gasteiger partial charge in [0.25, 0.3) is 0 Å². The first-order valence-electron chi connectivity index (χ1n) is 5.84. The third-order valence-electron chi connectivity index (χ3n) is 3.03. The molecule has 0 saturated heterocycles. The molecule has 0 bridgehead atoms. The van der Waals surface area contributed by atoms with E-state index in [9.17, 15) is 4.79 Å². The van der Waals surface area contributed by atoms with Crippen LogP contribution in [0.15, 0.2) is 11.5 Å². The smallest absolute Gasteiger partial charge is 0.313 e. The molecular weight excluding hydrogens is 238 g/mol. The van der Waals surface area contributed by atoms with Gasteiger partial charge in [0.05, 0.1) is 5.75 Å². The van der Waals surface area contributed by atoms with Crippen molar-refractivity contribution in [2.24, 2.45) is 5.92 Å². The van der Waals surface area contributed by atoms with Gasteiger partial charge >= 0.3 is 5.97 Å². The Balaban J connectivity index is 2.76. The van der Waals surface area contributed by atoms with Crippen LogP contribution in [0.25, 0.3) is 0 Å². The molecule has 1 heterocycles. The predicted octanol–water partition coefficient (Wildman–Crippen LogP) is 2.45. The largest absolute Gasteiger partial charge is 0.481 e. The topological polar surface area (TPSA) is 68.0 Å². The van der Waals surface area contributed by atoms with Crippen molar-refractivity contribution in [1.82, 2.24) is 14.8 Å². The summed E-state index contributed by atoms with van der Waals surface area (Å²) in [4.78, 5) is 10.5. The summed E-state index contributed by atoms with van der Waals surface area (Å²) in [6, 6.07) is 0.302. The Kier molecular flexibility index (Phi) is 5.47. The lowest BCUT2D eigenvalue weighted by Gasteiger charge is -2.23. The lowest BCUT2D eigenvalue weighted by Crippen LogP contribution is -2.16. The molecule has 0 aliphatic heterocycles. The fourth-order valence-electron chi connectivity index (χ4n) is 1.94. The van der Waals surface area contributed by atoms with Crippen LogP contribution in [0, 0.1) is 5.92 Å². The molecule has 1 aromatic heterocycles. The van der Waals surface area contributed by atoms with E-state index in [2.05, 4.69) is 31.0 Å². The second kappa shape index (κ2) is 6.64. The van der Waals surface area contributed by atoms with Gasteiger partial charge in [0.15, 0.2) is 5.16 Å². The highest BCUT2D eigenvalue weighted by Crippen LogP contribution is 2.27. The fraction of sp³-hybridized carbons (Fsp3) is 0.727. The van der Waals surface area contributed by atoms with Gasteiger partial charge in [-0.3, -0.25) is 4.79 Å². The number of carbonyl (C=O) groups is 1. The Morgan fingerprint density at radius 3 is 2.71 bits per heavy atom. The van der Waals surface area contributed by atoms with E-state index in [1.165, 1.54) is 11.8 Å². The van der Waals surface area contributed by atoms with E-state index >= 15 is 0 Å². The van der Waals surface area contributed by atoms with Crippen molar-refractivity contribution in [2.45, 2.75) is 44.8 Å². The SMILES string of the molecule is CCC(CC)C(C)n1cnnc1SCC(=O)O. The summed E-state index contributed by atoms with van der Waals surface area (Å²) in [6.07, 6.45) is 3.88. The maximum atomic E-state index is 10.5. The van der Waals surface area contributed by atoms with Crippen molar-refractivity contribution in [3.8, 4) is 0 Å². The molecule has 1 N–H and O–H groups in total. The zero-order valence-corrected chi connectivity index (χ0v) is 11.3. The van der Waals surface area contributed by atoms with Gasteiger partial charge in [-0.05, 0) is 12.8 Å². The van der Waals surface area contributed by atoms with E-state index in [1.807, 2.05) is 4.57 Å². The van der Waals surface area contributed by atoms with E-state index in [-0.39, 0.29) is 5.75 Å². The van der Waals surface area contributed by atoms with Crippen molar-refractivity contribution < 1.29 is 9.90 Å². The first kappa shape index (κ1) is 14.0. The summed E-state index contributed by atoms with van der Waals surface area (Å²) in [5.41, 5.74) is 0. The van der Waals surface area contributed by atoms with E-state index < -0.39 is 5.97 Å². The van der Waals surface area contributed by atoms with Crippen LogP contribution in [-0.2, 0) is 4.79 Å². The molecule has 0 spiro atoms. The molecule has 17 heavy (non-hydrogen) atoms. The average Bonchev–Trinajstić information content (AvgIpc) is 2.75. The summed E-state index contributed by atoms with van der Waals surface area (Å²) in [7, 11) is 0. The molecule has 1 unspecified atom stereocenters. The van der Waals surface area contributed by atoms with Crippen molar-refractivity contribution in [2.75, 3.05) is 5.75 Å². The maximum Gasteiger partial charge on any atom is 0.313 e. The minimum Gasteiger partial charge on any atom is -0.481 e. The number of hydrogen-bond acceptors (Lipinski definition) is 4. The van der Waals surface area contributed by atoms with Crippen LogP contribution in [0.1, 0.15) is 39.7 Å². The second-order valence-electron chi connectivity index (χ2n) is 4.02. The molecule has 0 aromatic carbocycles. The van der Waals surface area contributed by atoms with Gasteiger partial charge in [-0.15, -0.1) is 10.2 Å². The summed E-state index contributed by atoms with van der Waals surface area (Å²) in [5, 5.41) is 17.2. The van der Waals surface area contributed by atoms with Gasteiger partial charge in [0.1, 0.15) is 6.33 Å². The van der Waals surface area contributed by atoms with Gasteiger partial charge in [0.2, 0.25) is 0 Å². The molecule has 0 aliphatic carbocycles. The Morgan fingerprint density at radius 1 is 1.53 bits per heavy atom. The fourth-order valence-corrected chi connectivity index (χ4v) is 2.66. The zero-order chi connectivity index (χ0) is 12.8. The Labute approximate surface area is 106 Å². The number of rotatable bonds is 7. The number of carboxylic acid groups (broad SMARTS) is 1. The number of thioether (sulfide) groups is 1. The van der Waals surface area contributed by atoms with Gasteiger partial charge in [-0.1, -0.05) is 38.5 Å². The van der Waals surface area contributed by atoms with Crippen LogP contribution in [0.3, 0.4) is 0 Å². The first-order valence-corrected chi connectivity index (χ1v) is 6.82. The van der Waals surface area contributed by atoms with Gasteiger partial charge in [-0.25, -0.2) is 0 Å². The lowest BCUT2D eigenvalue weighted by atomic mass is 9.95. The Morgan fingerprint density at radius 2 is 2.18 bits per heavy atom. The summed E-state index contributed by atoms with van der Waals surface area (Å²) in [6.45, 7) is 6.46. The van der Waals surface area contributed by atoms with E-state index in [0.717, 1.165) is 12.8 Å². The van der Waals surface area contributed by atoms with Crippen molar-refractivity contribution in [3.05, 3.63) is 6.33 Å². The summed E-state index contributed by atoms with van der Waals surface area (Å²) >= 11 is 1.22. The van der Waals surface area contributed by atoms with Gasteiger partial charge in [-0.2, -0.15) is 0 Å². The summed E-state index contributed by atoms with van der Waals surface area (Å²) in [5.74, 6) is -0.246. The molecule has 6 heteroatoms. The number of aromatic nitrogens is 3. The maximum absolute atomic E-state index is 10.5. The lowest BCUT2D eigenvalue weighted by molar-refractivity contribution is -0.133. The highest BCUT2D eigenvalue weighted by molar-refractivity contribution is 7.99. The molecular formula is C11H19N3O2S. The number of nitrogens with zero attached hydrogens (tertiary/aromatic N) is 3. The van der Waals surface area contributed by atoms with Crippen LogP contribution in [-0.4, -0.2) is 31.6 Å². The van der Waals surface area contributed by atoms with Crippen LogP contribution < -0.4 is 0 Å². The zero-order valence-electron chi connectivity index (χ0n) is 10.5. The number of carboxylic acids is 1. The third kappa shape index (κ3) is 3.73.